The van der Waals surface area contributed by atoms with Gasteiger partial charge in [0.2, 0.25) is 0 Å². The first-order valence-corrected chi connectivity index (χ1v) is 14.5. The van der Waals surface area contributed by atoms with Gasteiger partial charge in [0.1, 0.15) is 5.65 Å². The van der Waals surface area contributed by atoms with Crippen molar-refractivity contribution in [3.8, 4) is 22.4 Å². The van der Waals surface area contributed by atoms with Crippen molar-refractivity contribution in [2.45, 2.75) is 18.9 Å². The largest absolute Gasteiger partial charge is 0.369 e. The van der Waals surface area contributed by atoms with Crippen molar-refractivity contribution in [2.24, 2.45) is 7.05 Å². The molecule has 208 valence electrons. The van der Waals surface area contributed by atoms with Crippen LogP contribution in [-0.4, -0.2) is 84.7 Å². The second kappa shape index (κ2) is 11.2. The van der Waals surface area contributed by atoms with E-state index in [2.05, 4.69) is 69.0 Å². The van der Waals surface area contributed by atoms with Gasteiger partial charge >= 0.3 is 0 Å². The predicted molar refractivity (Wildman–Crippen MR) is 164 cm³/mol. The number of likely N-dealkylation sites (tertiary alicyclic amines) is 1. The van der Waals surface area contributed by atoms with Crippen LogP contribution in [0.2, 0.25) is 5.02 Å². The third-order valence-electron chi connectivity index (χ3n) is 8.50. The van der Waals surface area contributed by atoms with E-state index in [1.807, 2.05) is 31.3 Å². The van der Waals surface area contributed by atoms with E-state index in [9.17, 15) is 4.79 Å². The quantitative estimate of drug-likeness (QED) is 0.369. The summed E-state index contributed by atoms with van der Waals surface area (Å²) >= 11 is 6.82. The fraction of sp³-hybridized carbons (Fsp3) is 0.375. The molecule has 1 N–H and O–H groups in total. The number of hydrogen-bond acceptors (Lipinski definition) is 5. The SMILES string of the molecule is CN1CCC(NC(=O)c2cccc(-c3c(-c4ccc(N5CCN(C)CC5)cc4)n(C)c4nccc(Cl)c34)c2)CC1. The highest BCUT2D eigenvalue weighted by Crippen LogP contribution is 2.43. The smallest absolute Gasteiger partial charge is 0.251 e. The van der Waals surface area contributed by atoms with Crippen LogP contribution < -0.4 is 10.2 Å². The Morgan fingerprint density at radius 2 is 1.57 bits per heavy atom. The lowest BCUT2D eigenvalue weighted by Gasteiger charge is -2.34. The summed E-state index contributed by atoms with van der Waals surface area (Å²) in [6, 6.07) is 18.8. The maximum Gasteiger partial charge on any atom is 0.251 e. The molecule has 2 fully saturated rings. The second-order valence-electron chi connectivity index (χ2n) is 11.2. The van der Waals surface area contributed by atoms with Crippen molar-refractivity contribution >= 4 is 34.2 Å². The summed E-state index contributed by atoms with van der Waals surface area (Å²) < 4.78 is 2.12. The number of carbonyl (C=O) groups excluding carboxylic acids is 1. The summed E-state index contributed by atoms with van der Waals surface area (Å²) in [6.07, 6.45) is 3.70. The third kappa shape index (κ3) is 5.21. The van der Waals surface area contributed by atoms with Gasteiger partial charge in [-0.2, -0.15) is 0 Å². The lowest BCUT2D eigenvalue weighted by Crippen LogP contribution is -2.44. The average Bonchev–Trinajstić information content (AvgIpc) is 3.28. The van der Waals surface area contributed by atoms with Crippen molar-refractivity contribution in [1.82, 2.24) is 24.7 Å². The molecule has 6 rings (SSSR count). The lowest BCUT2D eigenvalue weighted by atomic mass is 9.96. The second-order valence-corrected chi connectivity index (χ2v) is 11.7. The monoisotopic (exact) mass is 556 g/mol. The first-order valence-electron chi connectivity index (χ1n) is 14.2. The molecule has 40 heavy (non-hydrogen) atoms. The van der Waals surface area contributed by atoms with Crippen molar-refractivity contribution in [3.05, 3.63) is 71.4 Å². The van der Waals surface area contributed by atoms with Crippen LogP contribution in [0.3, 0.4) is 0 Å². The zero-order chi connectivity index (χ0) is 27.8. The van der Waals surface area contributed by atoms with Crippen molar-refractivity contribution in [1.29, 1.82) is 0 Å². The van der Waals surface area contributed by atoms with Gasteiger partial charge in [-0.15, -0.1) is 0 Å². The molecule has 2 aliphatic heterocycles. The van der Waals surface area contributed by atoms with Crippen LogP contribution in [0.4, 0.5) is 5.69 Å². The Morgan fingerprint density at radius 3 is 2.30 bits per heavy atom. The number of rotatable bonds is 5. The van der Waals surface area contributed by atoms with Crippen LogP contribution in [0.1, 0.15) is 23.2 Å². The highest BCUT2D eigenvalue weighted by Gasteiger charge is 2.24. The fourth-order valence-electron chi connectivity index (χ4n) is 6.06. The number of pyridine rings is 1. The highest BCUT2D eigenvalue weighted by molar-refractivity contribution is 6.37. The molecule has 4 aromatic rings. The van der Waals surface area contributed by atoms with E-state index in [0.717, 1.165) is 85.5 Å². The summed E-state index contributed by atoms with van der Waals surface area (Å²) in [4.78, 5) is 25.1. The molecule has 8 heteroatoms. The minimum absolute atomic E-state index is 0.0288. The Balaban J connectivity index is 1.38. The van der Waals surface area contributed by atoms with Gasteiger partial charge < -0.3 is 24.6 Å². The third-order valence-corrected chi connectivity index (χ3v) is 8.81. The number of fused-ring (bicyclic) bond motifs is 1. The number of benzene rings is 2. The number of carbonyl (C=O) groups is 1. The zero-order valence-electron chi connectivity index (χ0n) is 23.5. The first kappa shape index (κ1) is 26.8. The molecule has 0 unspecified atom stereocenters. The number of aromatic nitrogens is 2. The minimum atomic E-state index is -0.0288. The molecule has 0 aliphatic carbocycles. The van der Waals surface area contributed by atoms with E-state index in [0.29, 0.717) is 10.6 Å². The van der Waals surface area contributed by atoms with Crippen molar-refractivity contribution < 1.29 is 4.79 Å². The predicted octanol–water partition coefficient (Wildman–Crippen LogP) is 5.14. The molecule has 7 nitrogen and oxygen atoms in total. The number of amides is 1. The summed E-state index contributed by atoms with van der Waals surface area (Å²) in [5.41, 5.74) is 6.79. The molecule has 2 aromatic carbocycles. The molecule has 2 saturated heterocycles. The molecule has 4 heterocycles. The number of aryl methyl sites for hydroxylation is 1. The molecule has 0 bridgehead atoms. The van der Waals surface area contributed by atoms with Gasteiger partial charge in [0.15, 0.2) is 0 Å². The standard InChI is InChI=1S/C32H37ClN6O/c1-36-15-12-25(13-16-36)35-32(40)24-6-4-5-23(21-24)28-29-27(33)11-14-34-31(29)38(3)30(28)22-7-9-26(10-8-22)39-19-17-37(2)18-20-39/h4-11,14,21,25H,12-13,15-20H2,1-3H3,(H,35,40). The number of hydrogen-bond donors (Lipinski definition) is 1. The molecule has 0 saturated carbocycles. The highest BCUT2D eigenvalue weighted by atomic mass is 35.5. The molecule has 0 spiro atoms. The fourth-order valence-corrected chi connectivity index (χ4v) is 6.29. The zero-order valence-corrected chi connectivity index (χ0v) is 24.3. The summed E-state index contributed by atoms with van der Waals surface area (Å²) in [6.45, 7) is 6.21. The first-order chi connectivity index (χ1) is 19.4. The minimum Gasteiger partial charge on any atom is -0.369 e. The maximum absolute atomic E-state index is 13.3. The van der Waals surface area contributed by atoms with Crippen LogP contribution in [0.15, 0.2) is 60.8 Å². The summed E-state index contributed by atoms with van der Waals surface area (Å²) in [7, 11) is 6.34. The van der Waals surface area contributed by atoms with Crippen LogP contribution in [0, 0.1) is 0 Å². The number of anilines is 1. The van der Waals surface area contributed by atoms with Crippen LogP contribution in [0.25, 0.3) is 33.4 Å². The summed E-state index contributed by atoms with van der Waals surface area (Å²) in [5.74, 6) is -0.0288. The lowest BCUT2D eigenvalue weighted by molar-refractivity contribution is 0.0917. The van der Waals surface area contributed by atoms with Gasteiger partial charge in [0, 0.05) is 67.7 Å². The van der Waals surface area contributed by atoms with E-state index in [-0.39, 0.29) is 11.9 Å². The van der Waals surface area contributed by atoms with Crippen molar-refractivity contribution in [3.63, 3.8) is 0 Å². The normalized spacial score (nSPS) is 17.4. The van der Waals surface area contributed by atoms with Gasteiger partial charge in [-0.3, -0.25) is 4.79 Å². The molecule has 2 aliphatic rings. The number of likely N-dealkylation sites (N-methyl/N-ethyl adjacent to an activating group) is 1. The average molecular weight is 557 g/mol. The van der Waals surface area contributed by atoms with Gasteiger partial charge in [-0.05, 0) is 81.5 Å². The van der Waals surface area contributed by atoms with E-state index < -0.39 is 0 Å². The van der Waals surface area contributed by atoms with E-state index in [4.69, 9.17) is 16.6 Å². The van der Waals surface area contributed by atoms with Crippen LogP contribution in [-0.2, 0) is 7.05 Å². The van der Waals surface area contributed by atoms with Crippen LogP contribution in [0.5, 0.6) is 0 Å². The summed E-state index contributed by atoms with van der Waals surface area (Å²) in [5, 5.41) is 4.81. The van der Waals surface area contributed by atoms with Gasteiger partial charge in [-0.25, -0.2) is 4.98 Å². The number of piperazine rings is 1. The van der Waals surface area contributed by atoms with E-state index in [1.54, 1.807) is 6.20 Å². The number of piperidine rings is 1. The van der Waals surface area contributed by atoms with Crippen molar-refractivity contribution in [2.75, 3.05) is 58.3 Å². The van der Waals surface area contributed by atoms with E-state index >= 15 is 0 Å². The molecule has 0 radical (unpaired) electrons. The Kier molecular flexibility index (Phi) is 7.53. The number of nitrogens with one attached hydrogen (secondary N) is 1. The molecular weight excluding hydrogens is 520 g/mol. The Labute approximate surface area is 241 Å². The Bertz CT molecular complexity index is 1510. The van der Waals surface area contributed by atoms with Gasteiger partial charge in [0.25, 0.3) is 5.91 Å². The topological polar surface area (TPSA) is 56.6 Å². The number of halogens is 1. The van der Waals surface area contributed by atoms with Gasteiger partial charge in [0.05, 0.1) is 10.7 Å². The molecule has 2 aromatic heterocycles. The maximum atomic E-state index is 13.3. The number of nitrogens with zero attached hydrogens (tertiary/aromatic N) is 5. The van der Waals surface area contributed by atoms with Gasteiger partial charge in [-0.1, -0.05) is 35.9 Å². The molecule has 0 atom stereocenters. The van der Waals surface area contributed by atoms with E-state index in [1.165, 1.54) is 5.69 Å². The molecular formula is C32H37ClN6O. The molecule has 1 amide bonds. The Morgan fingerprint density at radius 1 is 0.875 bits per heavy atom. The Hall–Kier alpha value is -3.39. The van der Waals surface area contributed by atoms with Crippen LogP contribution >= 0.6 is 11.6 Å².